The summed E-state index contributed by atoms with van der Waals surface area (Å²) >= 11 is 0. The lowest BCUT2D eigenvalue weighted by molar-refractivity contribution is -0.121. The molecule has 0 fully saturated rings. The molecule has 0 aliphatic carbocycles. The second kappa shape index (κ2) is 5.88. The third-order valence-electron chi connectivity index (χ3n) is 2.28. The van der Waals surface area contributed by atoms with E-state index in [2.05, 4.69) is 15.5 Å². The largest absolute Gasteiger partial charge is 0.383 e. The van der Waals surface area contributed by atoms with Gasteiger partial charge in [-0.15, -0.1) is 0 Å². The van der Waals surface area contributed by atoms with Crippen LogP contribution in [0, 0.1) is 0 Å². The van der Waals surface area contributed by atoms with Gasteiger partial charge in [-0.2, -0.15) is 5.10 Å². The molecule has 0 atom stereocenters. The maximum absolute atomic E-state index is 12.0. The van der Waals surface area contributed by atoms with Crippen LogP contribution in [0.3, 0.4) is 0 Å². The molecule has 1 aromatic rings. The molecule has 94 valence electrons. The summed E-state index contributed by atoms with van der Waals surface area (Å²) in [5.41, 5.74) is 5.85. The third-order valence-corrected chi connectivity index (χ3v) is 2.28. The Labute approximate surface area is 99.4 Å². The van der Waals surface area contributed by atoms with E-state index in [1.54, 1.807) is 6.92 Å². The molecule has 0 radical (unpaired) electrons. The van der Waals surface area contributed by atoms with Crippen LogP contribution in [0.4, 0.5) is 5.82 Å². The lowest BCUT2D eigenvalue weighted by Crippen LogP contribution is -2.40. The molecular formula is C10H17N5O2. The first kappa shape index (κ1) is 13.0. The average molecular weight is 239 g/mol. The molecule has 1 heterocycles. The number of hydrogen-bond donors (Lipinski definition) is 3. The lowest BCUT2D eigenvalue weighted by atomic mass is 10.2. The first-order valence-corrected chi connectivity index (χ1v) is 5.44. The number of aromatic amines is 1. The number of nitrogen functional groups attached to an aromatic ring is 1. The zero-order chi connectivity index (χ0) is 12.8. The van der Waals surface area contributed by atoms with Crippen LogP contribution >= 0.6 is 0 Å². The van der Waals surface area contributed by atoms with Gasteiger partial charge in [0.25, 0.3) is 5.91 Å². The van der Waals surface area contributed by atoms with Crippen LogP contribution in [0.2, 0.25) is 0 Å². The van der Waals surface area contributed by atoms with Gasteiger partial charge in [0.1, 0.15) is 11.4 Å². The molecule has 0 aliphatic heterocycles. The fraction of sp³-hybridized carbons (Fsp3) is 0.500. The fourth-order valence-electron chi connectivity index (χ4n) is 1.39. The number of H-pyrrole nitrogens is 1. The Morgan fingerprint density at radius 2 is 2.24 bits per heavy atom. The molecule has 4 N–H and O–H groups in total. The zero-order valence-corrected chi connectivity index (χ0v) is 9.99. The highest BCUT2D eigenvalue weighted by molar-refractivity contribution is 5.99. The molecule has 1 aromatic heterocycles. The highest BCUT2D eigenvalue weighted by Gasteiger charge is 2.20. The van der Waals surface area contributed by atoms with E-state index in [0.29, 0.717) is 13.1 Å². The summed E-state index contributed by atoms with van der Waals surface area (Å²) in [6.07, 6.45) is 1.36. The number of carbonyl (C=O) groups excluding carboxylic acids is 2. The highest BCUT2D eigenvalue weighted by Crippen LogP contribution is 2.09. The Morgan fingerprint density at radius 3 is 2.71 bits per heavy atom. The summed E-state index contributed by atoms with van der Waals surface area (Å²) in [6.45, 7) is 4.62. The van der Waals surface area contributed by atoms with Crippen LogP contribution in [-0.4, -0.2) is 46.5 Å². The molecule has 0 saturated carbocycles. The Hall–Kier alpha value is -2.05. The number of nitrogens with one attached hydrogen (secondary N) is 2. The van der Waals surface area contributed by atoms with Crippen molar-refractivity contribution < 1.29 is 9.59 Å². The van der Waals surface area contributed by atoms with Gasteiger partial charge >= 0.3 is 0 Å². The van der Waals surface area contributed by atoms with Crippen molar-refractivity contribution in [2.75, 3.05) is 25.4 Å². The number of aromatic nitrogens is 2. The maximum Gasteiger partial charge on any atom is 0.259 e. The minimum absolute atomic E-state index is 0.0216. The van der Waals surface area contributed by atoms with Gasteiger partial charge in [0.15, 0.2) is 0 Å². The molecule has 0 aromatic carbocycles. The summed E-state index contributed by atoms with van der Waals surface area (Å²) in [5.74, 6) is -0.279. The average Bonchev–Trinajstić information content (AvgIpc) is 2.72. The van der Waals surface area contributed by atoms with Gasteiger partial charge < -0.3 is 16.0 Å². The highest BCUT2D eigenvalue weighted by atomic mass is 16.2. The van der Waals surface area contributed by atoms with Crippen molar-refractivity contribution in [1.82, 2.24) is 20.4 Å². The zero-order valence-electron chi connectivity index (χ0n) is 9.99. The second-order valence-electron chi connectivity index (χ2n) is 3.47. The van der Waals surface area contributed by atoms with Crippen molar-refractivity contribution >= 4 is 17.6 Å². The predicted molar refractivity (Wildman–Crippen MR) is 63.3 cm³/mol. The van der Waals surface area contributed by atoms with Gasteiger partial charge in [-0.3, -0.25) is 14.7 Å². The van der Waals surface area contributed by atoms with E-state index in [1.807, 2.05) is 6.92 Å². The number of hydrogen-bond acceptors (Lipinski definition) is 4. The van der Waals surface area contributed by atoms with Crippen molar-refractivity contribution in [2.24, 2.45) is 0 Å². The molecule has 0 unspecified atom stereocenters. The second-order valence-corrected chi connectivity index (χ2v) is 3.47. The summed E-state index contributed by atoms with van der Waals surface area (Å²) in [7, 11) is 0. The Balaban J connectivity index is 2.71. The van der Waals surface area contributed by atoms with E-state index < -0.39 is 0 Å². The van der Waals surface area contributed by atoms with Gasteiger partial charge in [0.05, 0.1) is 12.7 Å². The first-order valence-electron chi connectivity index (χ1n) is 5.44. The SMILES string of the molecule is CCNC(=O)CN(CC)C(=O)c1cn[nH]c1N. The van der Waals surface area contributed by atoms with Crippen molar-refractivity contribution in [1.29, 1.82) is 0 Å². The molecule has 0 aliphatic rings. The summed E-state index contributed by atoms with van der Waals surface area (Å²) in [4.78, 5) is 24.8. The van der Waals surface area contributed by atoms with E-state index in [9.17, 15) is 9.59 Å². The molecule has 0 bridgehead atoms. The minimum atomic E-state index is -0.301. The summed E-state index contributed by atoms with van der Waals surface area (Å²) in [5, 5.41) is 8.80. The van der Waals surface area contributed by atoms with E-state index in [0.717, 1.165) is 0 Å². The number of amides is 2. The van der Waals surface area contributed by atoms with Crippen LogP contribution in [-0.2, 0) is 4.79 Å². The van der Waals surface area contributed by atoms with Crippen molar-refractivity contribution in [3.8, 4) is 0 Å². The molecule has 2 amide bonds. The number of anilines is 1. The fourth-order valence-corrected chi connectivity index (χ4v) is 1.39. The number of carbonyl (C=O) groups is 2. The van der Waals surface area contributed by atoms with Crippen molar-refractivity contribution in [3.05, 3.63) is 11.8 Å². The van der Waals surface area contributed by atoms with E-state index in [4.69, 9.17) is 5.73 Å². The first-order chi connectivity index (χ1) is 8.10. The number of nitrogens with zero attached hydrogens (tertiary/aromatic N) is 2. The standard InChI is InChI=1S/C10H17N5O2/c1-3-12-8(16)6-15(4-2)10(17)7-5-13-14-9(7)11/h5H,3-4,6H2,1-2H3,(H,12,16)(H3,11,13,14). The third kappa shape index (κ3) is 3.20. The van der Waals surface area contributed by atoms with Crippen LogP contribution < -0.4 is 11.1 Å². The van der Waals surface area contributed by atoms with Crippen LogP contribution in [0.15, 0.2) is 6.20 Å². The van der Waals surface area contributed by atoms with Gasteiger partial charge in [-0.05, 0) is 13.8 Å². The van der Waals surface area contributed by atoms with E-state index in [1.165, 1.54) is 11.1 Å². The van der Waals surface area contributed by atoms with Crippen molar-refractivity contribution in [2.45, 2.75) is 13.8 Å². The molecule has 1 rings (SSSR count). The topological polar surface area (TPSA) is 104 Å². The van der Waals surface area contributed by atoms with Gasteiger partial charge in [0.2, 0.25) is 5.91 Å². The van der Waals surface area contributed by atoms with E-state index >= 15 is 0 Å². The van der Waals surface area contributed by atoms with Crippen molar-refractivity contribution in [3.63, 3.8) is 0 Å². The Bertz CT molecular complexity index is 401. The van der Waals surface area contributed by atoms with E-state index in [-0.39, 0.29) is 29.7 Å². The number of rotatable bonds is 5. The Kier molecular flexibility index (Phi) is 4.50. The van der Waals surface area contributed by atoms with Crippen LogP contribution in [0.1, 0.15) is 24.2 Å². The monoisotopic (exact) mass is 239 g/mol. The number of likely N-dealkylation sites (N-methyl/N-ethyl adjacent to an activating group) is 2. The van der Waals surface area contributed by atoms with Gasteiger partial charge in [-0.1, -0.05) is 0 Å². The van der Waals surface area contributed by atoms with Crippen LogP contribution in [0.25, 0.3) is 0 Å². The van der Waals surface area contributed by atoms with Crippen LogP contribution in [0.5, 0.6) is 0 Å². The molecule has 0 spiro atoms. The van der Waals surface area contributed by atoms with Gasteiger partial charge in [0, 0.05) is 13.1 Å². The summed E-state index contributed by atoms with van der Waals surface area (Å²) in [6, 6.07) is 0. The lowest BCUT2D eigenvalue weighted by Gasteiger charge is -2.19. The summed E-state index contributed by atoms with van der Waals surface area (Å²) < 4.78 is 0. The normalized spacial score (nSPS) is 10.0. The van der Waals surface area contributed by atoms with Gasteiger partial charge in [-0.25, -0.2) is 0 Å². The smallest absolute Gasteiger partial charge is 0.259 e. The molecular weight excluding hydrogens is 222 g/mol. The minimum Gasteiger partial charge on any atom is -0.383 e. The predicted octanol–water partition coefficient (Wildman–Crippen LogP) is -0.410. The quantitative estimate of drug-likeness (QED) is 0.649. The Morgan fingerprint density at radius 1 is 1.53 bits per heavy atom. The molecule has 17 heavy (non-hydrogen) atoms. The molecule has 7 heteroatoms. The number of nitrogens with two attached hydrogens (primary N) is 1. The molecule has 7 nitrogen and oxygen atoms in total. The molecule has 0 saturated heterocycles. The maximum atomic E-state index is 12.0.